The van der Waals surface area contributed by atoms with Crippen LogP contribution in [0, 0.1) is 11.8 Å². The van der Waals surface area contributed by atoms with Gasteiger partial charge in [0.05, 0.1) is 12.2 Å². The topological polar surface area (TPSA) is 91.7 Å². The largest absolute Gasteiger partial charge is 0.459 e. The lowest BCUT2D eigenvalue weighted by Crippen LogP contribution is -2.44. The average Bonchev–Trinajstić information content (AvgIpc) is 3.42. The summed E-state index contributed by atoms with van der Waals surface area (Å²) < 4.78 is 5.06. The van der Waals surface area contributed by atoms with Gasteiger partial charge in [-0.25, -0.2) is 0 Å². The van der Waals surface area contributed by atoms with Gasteiger partial charge in [-0.15, -0.1) is 0 Å². The minimum Gasteiger partial charge on any atom is -0.459 e. The Labute approximate surface area is 163 Å². The molecular formula is C21H23N3O4. The molecule has 2 N–H and O–H groups in total. The van der Waals surface area contributed by atoms with Crippen molar-refractivity contribution >= 4 is 29.1 Å². The SMILES string of the molecule is O=C(Nc1ccc(NC(=O)C2CCCN(C(=O)C3CC3)C2)cc1)c1ccco1. The fourth-order valence-electron chi connectivity index (χ4n) is 3.46. The van der Waals surface area contributed by atoms with E-state index in [9.17, 15) is 14.4 Å². The minimum absolute atomic E-state index is 0.0688. The number of rotatable bonds is 5. The molecule has 2 fully saturated rings. The highest BCUT2D eigenvalue weighted by molar-refractivity contribution is 6.02. The van der Waals surface area contributed by atoms with Crippen LogP contribution in [0.15, 0.2) is 47.1 Å². The third kappa shape index (κ3) is 4.24. The number of furan rings is 1. The molecule has 4 rings (SSSR count). The lowest BCUT2D eigenvalue weighted by molar-refractivity contribution is -0.135. The first kappa shape index (κ1) is 18.3. The molecule has 0 radical (unpaired) electrons. The summed E-state index contributed by atoms with van der Waals surface area (Å²) in [6.45, 7) is 1.25. The zero-order valence-corrected chi connectivity index (χ0v) is 15.5. The fourth-order valence-corrected chi connectivity index (χ4v) is 3.46. The Morgan fingerprint density at radius 2 is 1.64 bits per heavy atom. The third-order valence-corrected chi connectivity index (χ3v) is 5.19. The normalized spacial score (nSPS) is 19.1. The second-order valence-corrected chi connectivity index (χ2v) is 7.40. The Kier molecular flexibility index (Phi) is 5.14. The maximum absolute atomic E-state index is 12.6. The lowest BCUT2D eigenvalue weighted by atomic mass is 9.96. The van der Waals surface area contributed by atoms with Crippen molar-refractivity contribution in [2.24, 2.45) is 11.8 Å². The number of likely N-dealkylation sites (tertiary alicyclic amines) is 1. The van der Waals surface area contributed by atoms with E-state index < -0.39 is 0 Å². The molecule has 2 heterocycles. The first-order valence-corrected chi connectivity index (χ1v) is 9.65. The zero-order valence-electron chi connectivity index (χ0n) is 15.5. The highest BCUT2D eigenvalue weighted by Gasteiger charge is 2.36. The molecule has 3 amide bonds. The summed E-state index contributed by atoms with van der Waals surface area (Å²) in [4.78, 5) is 38.7. The van der Waals surface area contributed by atoms with E-state index in [1.807, 2.05) is 4.90 Å². The van der Waals surface area contributed by atoms with Gasteiger partial charge in [0, 0.05) is 30.4 Å². The maximum Gasteiger partial charge on any atom is 0.291 e. The standard InChI is InChI=1S/C21H23N3O4/c25-19(15-3-1-11-24(13-15)21(27)14-5-6-14)22-16-7-9-17(10-8-16)23-20(26)18-4-2-12-28-18/h2,4,7-10,12,14-15H,1,3,5-6,11,13H2,(H,22,25)(H,23,26). The van der Waals surface area contributed by atoms with Gasteiger partial charge in [0.2, 0.25) is 11.8 Å². The van der Waals surface area contributed by atoms with Crippen molar-refractivity contribution in [1.82, 2.24) is 4.90 Å². The van der Waals surface area contributed by atoms with Gasteiger partial charge in [-0.3, -0.25) is 14.4 Å². The highest BCUT2D eigenvalue weighted by Crippen LogP contribution is 2.32. The fraction of sp³-hybridized carbons (Fsp3) is 0.381. The van der Waals surface area contributed by atoms with Crippen LogP contribution in [0.1, 0.15) is 36.2 Å². The Hall–Kier alpha value is -3.09. The molecule has 1 saturated heterocycles. The minimum atomic E-state index is -0.329. The van der Waals surface area contributed by atoms with Gasteiger partial charge in [0.15, 0.2) is 5.76 Å². The third-order valence-electron chi connectivity index (χ3n) is 5.19. The molecule has 7 nitrogen and oxygen atoms in total. The number of amides is 3. The number of hydrogen-bond acceptors (Lipinski definition) is 4. The van der Waals surface area contributed by atoms with Gasteiger partial charge >= 0.3 is 0 Å². The quantitative estimate of drug-likeness (QED) is 0.832. The predicted molar refractivity (Wildman–Crippen MR) is 104 cm³/mol. The van der Waals surface area contributed by atoms with Crippen molar-refractivity contribution < 1.29 is 18.8 Å². The van der Waals surface area contributed by atoms with Gasteiger partial charge in [0.1, 0.15) is 0 Å². The van der Waals surface area contributed by atoms with Crippen LogP contribution in [0.3, 0.4) is 0 Å². The molecule has 1 aromatic carbocycles. The van der Waals surface area contributed by atoms with Crippen LogP contribution < -0.4 is 10.6 Å². The van der Waals surface area contributed by atoms with E-state index in [4.69, 9.17) is 4.42 Å². The molecule has 1 unspecified atom stereocenters. The molecule has 146 valence electrons. The molecule has 0 spiro atoms. The van der Waals surface area contributed by atoms with Crippen molar-refractivity contribution in [3.63, 3.8) is 0 Å². The van der Waals surface area contributed by atoms with Gasteiger partial charge in [-0.2, -0.15) is 0 Å². The van der Waals surface area contributed by atoms with Crippen molar-refractivity contribution in [3.8, 4) is 0 Å². The number of benzene rings is 1. The summed E-state index contributed by atoms with van der Waals surface area (Å²) in [5, 5.41) is 5.65. The molecule has 2 aromatic rings. The van der Waals surface area contributed by atoms with Crippen LogP contribution in [0.4, 0.5) is 11.4 Å². The number of nitrogens with one attached hydrogen (secondary N) is 2. The molecule has 1 aliphatic carbocycles. The second kappa shape index (κ2) is 7.88. The number of nitrogens with zero attached hydrogens (tertiary/aromatic N) is 1. The summed E-state index contributed by atoms with van der Waals surface area (Å²) in [5.74, 6) is 0.0414. The summed E-state index contributed by atoms with van der Waals surface area (Å²) in [5.41, 5.74) is 1.27. The molecule has 28 heavy (non-hydrogen) atoms. The van der Waals surface area contributed by atoms with Crippen LogP contribution >= 0.6 is 0 Å². The molecule has 7 heteroatoms. The van der Waals surface area contributed by atoms with E-state index in [0.717, 1.165) is 32.2 Å². The summed E-state index contributed by atoms with van der Waals surface area (Å²) in [7, 11) is 0. The molecule has 0 bridgehead atoms. The van der Waals surface area contributed by atoms with E-state index in [0.29, 0.717) is 17.9 Å². The van der Waals surface area contributed by atoms with Gasteiger partial charge in [-0.05, 0) is 62.1 Å². The number of piperidine rings is 1. The van der Waals surface area contributed by atoms with Crippen molar-refractivity contribution in [1.29, 1.82) is 0 Å². The Morgan fingerprint density at radius 3 is 2.29 bits per heavy atom. The van der Waals surface area contributed by atoms with Gasteiger partial charge in [-0.1, -0.05) is 0 Å². The van der Waals surface area contributed by atoms with E-state index >= 15 is 0 Å². The molecule has 1 saturated carbocycles. The lowest BCUT2D eigenvalue weighted by Gasteiger charge is -2.32. The number of carbonyl (C=O) groups excluding carboxylic acids is 3. The smallest absolute Gasteiger partial charge is 0.291 e. The van der Waals surface area contributed by atoms with E-state index in [1.165, 1.54) is 6.26 Å². The number of hydrogen-bond donors (Lipinski definition) is 2. The van der Waals surface area contributed by atoms with E-state index in [2.05, 4.69) is 10.6 Å². The van der Waals surface area contributed by atoms with Gasteiger partial charge < -0.3 is 20.0 Å². The first-order valence-electron chi connectivity index (χ1n) is 9.65. The molecule has 1 aliphatic heterocycles. The number of anilines is 2. The average molecular weight is 381 g/mol. The van der Waals surface area contributed by atoms with Crippen molar-refractivity contribution in [2.75, 3.05) is 23.7 Å². The predicted octanol–water partition coefficient (Wildman–Crippen LogP) is 3.12. The van der Waals surface area contributed by atoms with Crippen LogP contribution in [-0.4, -0.2) is 35.7 Å². The number of carbonyl (C=O) groups is 3. The highest BCUT2D eigenvalue weighted by atomic mass is 16.3. The van der Waals surface area contributed by atoms with Gasteiger partial charge in [0.25, 0.3) is 5.91 Å². The monoisotopic (exact) mass is 381 g/mol. The summed E-state index contributed by atoms with van der Waals surface area (Å²) in [6, 6.07) is 10.2. The van der Waals surface area contributed by atoms with Crippen molar-refractivity contribution in [3.05, 3.63) is 48.4 Å². The zero-order chi connectivity index (χ0) is 19.5. The first-order chi connectivity index (χ1) is 13.6. The molecule has 1 atom stereocenters. The molecular weight excluding hydrogens is 358 g/mol. The van der Waals surface area contributed by atoms with Crippen LogP contribution in [0.5, 0.6) is 0 Å². The van der Waals surface area contributed by atoms with Crippen LogP contribution in [-0.2, 0) is 9.59 Å². The van der Waals surface area contributed by atoms with E-state index in [1.54, 1.807) is 36.4 Å². The Balaban J connectivity index is 1.31. The molecule has 2 aliphatic rings. The second-order valence-electron chi connectivity index (χ2n) is 7.40. The maximum atomic E-state index is 12.6. The van der Waals surface area contributed by atoms with Crippen LogP contribution in [0.2, 0.25) is 0 Å². The Bertz CT molecular complexity index is 856. The Morgan fingerprint density at radius 1 is 0.929 bits per heavy atom. The summed E-state index contributed by atoms with van der Waals surface area (Å²) >= 11 is 0. The molecule has 1 aromatic heterocycles. The summed E-state index contributed by atoms with van der Waals surface area (Å²) in [6.07, 6.45) is 5.05. The van der Waals surface area contributed by atoms with Crippen molar-refractivity contribution in [2.45, 2.75) is 25.7 Å². The van der Waals surface area contributed by atoms with Crippen LogP contribution in [0.25, 0.3) is 0 Å². The van der Waals surface area contributed by atoms with E-state index in [-0.39, 0.29) is 35.3 Å².